The highest BCUT2D eigenvalue weighted by molar-refractivity contribution is 5.93. The number of carbonyl (C=O) groups excluding carboxylic acids is 2. The SMILES string of the molecule is CC[C@@H](C)NC(=O)[C@H](C)NC(=O)Nc1cccc(COC(C)C)c1. The summed E-state index contributed by atoms with van der Waals surface area (Å²) in [6.45, 7) is 10.0. The van der Waals surface area contributed by atoms with E-state index in [9.17, 15) is 9.59 Å². The van der Waals surface area contributed by atoms with Gasteiger partial charge in [0.1, 0.15) is 6.04 Å². The molecule has 3 N–H and O–H groups in total. The Labute approximate surface area is 144 Å². The second-order valence-corrected chi connectivity index (χ2v) is 6.20. The predicted octanol–water partition coefficient (Wildman–Crippen LogP) is 3.04. The third-order valence-electron chi connectivity index (χ3n) is 3.51. The van der Waals surface area contributed by atoms with Gasteiger partial charge in [0, 0.05) is 11.7 Å². The zero-order valence-electron chi connectivity index (χ0n) is 15.2. The summed E-state index contributed by atoms with van der Waals surface area (Å²) < 4.78 is 5.55. The highest BCUT2D eigenvalue weighted by atomic mass is 16.5. The molecule has 1 rings (SSSR count). The van der Waals surface area contributed by atoms with Crippen molar-refractivity contribution in [3.8, 4) is 0 Å². The fourth-order valence-corrected chi connectivity index (χ4v) is 1.90. The Morgan fingerprint density at radius 2 is 1.83 bits per heavy atom. The van der Waals surface area contributed by atoms with Crippen molar-refractivity contribution in [3.05, 3.63) is 29.8 Å². The molecule has 0 saturated carbocycles. The van der Waals surface area contributed by atoms with Crippen LogP contribution in [-0.2, 0) is 16.1 Å². The van der Waals surface area contributed by atoms with Crippen LogP contribution >= 0.6 is 0 Å². The largest absolute Gasteiger partial charge is 0.374 e. The van der Waals surface area contributed by atoms with Gasteiger partial charge < -0.3 is 20.7 Å². The average molecular weight is 335 g/mol. The Kier molecular flexibility index (Phi) is 8.26. The molecule has 24 heavy (non-hydrogen) atoms. The quantitative estimate of drug-likeness (QED) is 0.683. The lowest BCUT2D eigenvalue weighted by atomic mass is 10.2. The van der Waals surface area contributed by atoms with Crippen molar-refractivity contribution in [1.82, 2.24) is 10.6 Å². The predicted molar refractivity (Wildman–Crippen MR) is 95.9 cm³/mol. The first kappa shape index (κ1) is 20.0. The maximum atomic E-state index is 12.0. The molecule has 6 heteroatoms. The molecule has 0 saturated heterocycles. The molecule has 0 unspecified atom stereocenters. The van der Waals surface area contributed by atoms with E-state index in [2.05, 4.69) is 16.0 Å². The van der Waals surface area contributed by atoms with E-state index in [1.165, 1.54) is 0 Å². The van der Waals surface area contributed by atoms with Crippen LogP contribution in [0.5, 0.6) is 0 Å². The zero-order valence-corrected chi connectivity index (χ0v) is 15.2. The van der Waals surface area contributed by atoms with E-state index in [0.29, 0.717) is 12.3 Å². The third kappa shape index (κ3) is 7.46. The van der Waals surface area contributed by atoms with Gasteiger partial charge >= 0.3 is 6.03 Å². The summed E-state index contributed by atoms with van der Waals surface area (Å²) >= 11 is 0. The summed E-state index contributed by atoms with van der Waals surface area (Å²) in [6, 6.07) is 6.51. The van der Waals surface area contributed by atoms with Crippen LogP contribution in [-0.4, -0.2) is 30.1 Å². The van der Waals surface area contributed by atoms with Gasteiger partial charge in [0.05, 0.1) is 12.7 Å². The minimum Gasteiger partial charge on any atom is -0.374 e. The van der Waals surface area contributed by atoms with Crippen LogP contribution in [0.1, 0.15) is 46.6 Å². The molecule has 0 aliphatic heterocycles. The standard InChI is InChI=1S/C18H29N3O3/c1-6-13(4)19-17(22)14(5)20-18(23)21-16-9-7-8-15(10-16)11-24-12(2)3/h7-10,12-14H,6,11H2,1-5H3,(H,19,22)(H2,20,21,23)/t13-,14+/m1/s1. The maximum absolute atomic E-state index is 12.0. The van der Waals surface area contributed by atoms with Crippen molar-refractivity contribution in [1.29, 1.82) is 0 Å². The average Bonchev–Trinajstić information content (AvgIpc) is 2.52. The van der Waals surface area contributed by atoms with E-state index < -0.39 is 12.1 Å². The second kappa shape index (κ2) is 9.93. The van der Waals surface area contributed by atoms with Crippen molar-refractivity contribution in [2.24, 2.45) is 0 Å². The molecule has 0 heterocycles. The Hall–Kier alpha value is -2.08. The molecule has 0 radical (unpaired) electrons. The minimum atomic E-state index is -0.605. The summed E-state index contributed by atoms with van der Waals surface area (Å²) in [5.41, 5.74) is 1.64. The fourth-order valence-electron chi connectivity index (χ4n) is 1.90. The number of amides is 3. The smallest absolute Gasteiger partial charge is 0.319 e. The van der Waals surface area contributed by atoms with Crippen molar-refractivity contribution in [2.75, 3.05) is 5.32 Å². The first-order valence-electron chi connectivity index (χ1n) is 8.40. The number of ether oxygens (including phenoxy) is 1. The number of nitrogens with one attached hydrogen (secondary N) is 3. The molecule has 0 bridgehead atoms. The van der Waals surface area contributed by atoms with Crippen LogP contribution in [0.4, 0.5) is 10.5 Å². The molecule has 0 aromatic heterocycles. The van der Waals surface area contributed by atoms with Crippen molar-refractivity contribution in [2.45, 2.75) is 65.8 Å². The molecular formula is C18H29N3O3. The number of benzene rings is 1. The Morgan fingerprint density at radius 1 is 1.12 bits per heavy atom. The van der Waals surface area contributed by atoms with Gasteiger partial charge in [-0.3, -0.25) is 4.79 Å². The first-order valence-corrected chi connectivity index (χ1v) is 8.40. The summed E-state index contributed by atoms with van der Waals surface area (Å²) in [5, 5.41) is 8.21. The zero-order chi connectivity index (χ0) is 18.1. The molecule has 1 aromatic rings. The van der Waals surface area contributed by atoms with E-state index >= 15 is 0 Å². The van der Waals surface area contributed by atoms with Crippen LogP contribution in [0.3, 0.4) is 0 Å². The van der Waals surface area contributed by atoms with Gasteiger partial charge in [-0.25, -0.2) is 4.79 Å². The highest BCUT2D eigenvalue weighted by Gasteiger charge is 2.16. The first-order chi connectivity index (χ1) is 11.3. The summed E-state index contributed by atoms with van der Waals surface area (Å²) in [4.78, 5) is 24.0. The van der Waals surface area contributed by atoms with Gasteiger partial charge in [0.15, 0.2) is 0 Å². The third-order valence-corrected chi connectivity index (χ3v) is 3.51. The fraction of sp³-hybridized carbons (Fsp3) is 0.556. The van der Waals surface area contributed by atoms with E-state index in [0.717, 1.165) is 12.0 Å². The van der Waals surface area contributed by atoms with Crippen LogP contribution in [0, 0.1) is 0 Å². The van der Waals surface area contributed by atoms with Gasteiger partial charge in [-0.05, 0) is 51.8 Å². The van der Waals surface area contributed by atoms with E-state index in [-0.39, 0.29) is 18.1 Å². The Balaban J connectivity index is 2.52. The Bertz CT molecular complexity index is 546. The van der Waals surface area contributed by atoms with E-state index in [1.807, 2.05) is 45.9 Å². The minimum absolute atomic E-state index is 0.0856. The molecule has 3 amide bonds. The maximum Gasteiger partial charge on any atom is 0.319 e. The van der Waals surface area contributed by atoms with Crippen molar-refractivity contribution >= 4 is 17.6 Å². The molecule has 0 fully saturated rings. The monoisotopic (exact) mass is 335 g/mol. The van der Waals surface area contributed by atoms with Gasteiger partial charge in [-0.2, -0.15) is 0 Å². The number of hydrogen-bond acceptors (Lipinski definition) is 3. The van der Waals surface area contributed by atoms with Gasteiger partial charge in [0.25, 0.3) is 0 Å². The molecule has 0 aliphatic carbocycles. The van der Waals surface area contributed by atoms with Crippen molar-refractivity contribution in [3.63, 3.8) is 0 Å². The summed E-state index contributed by atoms with van der Waals surface area (Å²) in [7, 11) is 0. The normalized spacial score (nSPS) is 13.2. The molecule has 2 atom stereocenters. The summed E-state index contributed by atoms with van der Waals surface area (Å²) in [5.74, 6) is -0.196. The van der Waals surface area contributed by atoms with Gasteiger partial charge in [0.2, 0.25) is 5.91 Å². The molecule has 1 aromatic carbocycles. The van der Waals surface area contributed by atoms with E-state index in [1.54, 1.807) is 13.0 Å². The molecule has 0 spiro atoms. The molecule has 6 nitrogen and oxygen atoms in total. The van der Waals surface area contributed by atoms with Crippen LogP contribution in [0.2, 0.25) is 0 Å². The lowest BCUT2D eigenvalue weighted by molar-refractivity contribution is -0.123. The number of hydrogen-bond donors (Lipinski definition) is 3. The van der Waals surface area contributed by atoms with Gasteiger partial charge in [-0.1, -0.05) is 19.1 Å². The number of carbonyl (C=O) groups is 2. The van der Waals surface area contributed by atoms with Crippen LogP contribution in [0.15, 0.2) is 24.3 Å². The lowest BCUT2D eigenvalue weighted by Gasteiger charge is -2.18. The summed E-state index contributed by atoms with van der Waals surface area (Å²) in [6.07, 6.45) is 0.991. The highest BCUT2D eigenvalue weighted by Crippen LogP contribution is 2.12. The molecular weight excluding hydrogens is 306 g/mol. The van der Waals surface area contributed by atoms with E-state index in [4.69, 9.17) is 4.74 Å². The van der Waals surface area contributed by atoms with Crippen LogP contribution < -0.4 is 16.0 Å². The second-order valence-electron chi connectivity index (χ2n) is 6.20. The van der Waals surface area contributed by atoms with Gasteiger partial charge in [-0.15, -0.1) is 0 Å². The molecule has 134 valence electrons. The van der Waals surface area contributed by atoms with Crippen molar-refractivity contribution < 1.29 is 14.3 Å². The lowest BCUT2D eigenvalue weighted by Crippen LogP contribution is -2.48. The van der Waals surface area contributed by atoms with Crippen LogP contribution in [0.25, 0.3) is 0 Å². The Morgan fingerprint density at radius 3 is 2.46 bits per heavy atom. The number of rotatable bonds is 8. The number of urea groups is 1. The topological polar surface area (TPSA) is 79.5 Å². The number of anilines is 1. The molecule has 0 aliphatic rings.